The Bertz CT molecular complexity index is 284. The molecule has 0 rings (SSSR count). The summed E-state index contributed by atoms with van der Waals surface area (Å²) in [7, 11) is 0. The second kappa shape index (κ2) is 13.8. The van der Waals surface area contributed by atoms with Crippen LogP contribution in [0.2, 0.25) is 0 Å². The number of hydrogen-bond acceptors (Lipinski definition) is 3. The van der Waals surface area contributed by atoms with Crippen molar-refractivity contribution in [3.05, 3.63) is 0 Å². The summed E-state index contributed by atoms with van der Waals surface area (Å²) >= 11 is 0. The highest BCUT2D eigenvalue weighted by molar-refractivity contribution is 5.69. The molecule has 3 nitrogen and oxygen atoms in total. The van der Waals surface area contributed by atoms with Gasteiger partial charge in [0.15, 0.2) is 0 Å². The smallest absolute Gasteiger partial charge is 0.305 e. The first kappa shape index (κ1) is 21.1. The van der Waals surface area contributed by atoms with E-state index < -0.39 is 0 Å². The monoisotopic (exact) mass is 312 g/mol. The van der Waals surface area contributed by atoms with Crippen molar-refractivity contribution in [2.75, 3.05) is 6.61 Å². The van der Waals surface area contributed by atoms with Gasteiger partial charge < -0.3 is 9.53 Å². The van der Waals surface area contributed by atoms with Gasteiger partial charge in [0, 0.05) is 12.8 Å². The SMILES string of the molecule is CCCCCCCCCC(=O)OCC(C)(C)CCCCC=O. The van der Waals surface area contributed by atoms with E-state index >= 15 is 0 Å². The van der Waals surface area contributed by atoms with E-state index in [1.54, 1.807) is 0 Å². The number of ether oxygens (including phenoxy) is 1. The molecule has 130 valence electrons. The molecule has 0 aliphatic carbocycles. The van der Waals surface area contributed by atoms with Crippen LogP contribution in [-0.2, 0) is 14.3 Å². The summed E-state index contributed by atoms with van der Waals surface area (Å²) in [6, 6.07) is 0. The minimum Gasteiger partial charge on any atom is -0.465 e. The lowest BCUT2D eigenvalue weighted by Crippen LogP contribution is -2.21. The van der Waals surface area contributed by atoms with Gasteiger partial charge in [0.1, 0.15) is 6.29 Å². The molecule has 0 aromatic heterocycles. The molecule has 22 heavy (non-hydrogen) atoms. The highest BCUT2D eigenvalue weighted by Gasteiger charge is 2.19. The summed E-state index contributed by atoms with van der Waals surface area (Å²) in [5, 5.41) is 0. The van der Waals surface area contributed by atoms with Crippen molar-refractivity contribution >= 4 is 12.3 Å². The Kier molecular flexibility index (Phi) is 13.2. The van der Waals surface area contributed by atoms with Gasteiger partial charge in [-0.15, -0.1) is 0 Å². The fraction of sp³-hybridized carbons (Fsp3) is 0.895. The second-order valence-electron chi connectivity index (χ2n) is 7.11. The fourth-order valence-electron chi connectivity index (χ4n) is 2.48. The summed E-state index contributed by atoms with van der Waals surface area (Å²) < 4.78 is 5.40. The summed E-state index contributed by atoms with van der Waals surface area (Å²) in [6.45, 7) is 6.95. The quantitative estimate of drug-likeness (QED) is 0.229. The largest absolute Gasteiger partial charge is 0.465 e. The van der Waals surface area contributed by atoms with Crippen LogP contribution < -0.4 is 0 Å². The third-order valence-electron chi connectivity index (χ3n) is 4.03. The molecule has 0 saturated carbocycles. The maximum atomic E-state index is 11.7. The number of rotatable bonds is 15. The van der Waals surface area contributed by atoms with E-state index in [0.29, 0.717) is 19.4 Å². The van der Waals surface area contributed by atoms with Crippen molar-refractivity contribution < 1.29 is 14.3 Å². The highest BCUT2D eigenvalue weighted by Crippen LogP contribution is 2.24. The highest BCUT2D eigenvalue weighted by atomic mass is 16.5. The fourth-order valence-corrected chi connectivity index (χ4v) is 2.48. The van der Waals surface area contributed by atoms with E-state index in [1.807, 2.05) is 0 Å². The van der Waals surface area contributed by atoms with Crippen LogP contribution in [0.15, 0.2) is 0 Å². The van der Waals surface area contributed by atoms with Crippen LogP contribution in [0.3, 0.4) is 0 Å². The standard InChI is InChI=1S/C19H36O3/c1-4-5-6-7-8-9-11-14-18(21)22-17-19(2,3)15-12-10-13-16-20/h16H,4-15,17H2,1-3H3. The van der Waals surface area contributed by atoms with E-state index in [1.165, 1.54) is 32.1 Å². The number of carbonyl (C=O) groups is 2. The van der Waals surface area contributed by atoms with Gasteiger partial charge in [-0.3, -0.25) is 4.79 Å². The van der Waals surface area contributed by atoms with E-state index in [2.05, 4.69) is 20.8 Å². The van der Waals surface area contributed by atoms with Gasteiger partial charge >= 0.3 is 5.97 Å². The predicted molar refractivity (Wildman–Crippen MR) is 91.9 cm³/mol. The van der Waals surface area contributed by atoms with Crippen molar-refractivity contribution in [2.24, 2.45) is 5.41 Å². The van der Waals surface area contributed by atoms with Crippen LogP contribution in [0.5, 0.6) is 0 Å². The molecule has 0 heterocycles. The topological polar surface area (TPSA) is 43.4 Å². The molecule has 3 heteroatoms. The summed E-state index contributed by atoms with van der Waals surface area (Å²) in [5.74, 6) is -0.0606. The van der Waals surface area contributed by atoms with Crippen LogP contribution in [0.25, 0.3) is 0 Å². The Labute approximate surface area is 137 Å². The summed E-state index contributed by atoms with van der Waals surface area (Å²) in [5.41, 5.74) is 0.0126. The molecule has 0 unspecified atom stereocenters. The molecule has 0 aromatic carbocycles. The van der Waals surface area contributed by atoms with E-state index in [4.69, 9.17) is 4.74 Å². The summed E-state index contributed by atoms with van der Waals surface area (Å²) in [4.78, 5) is 22.0. The molecule has 0 bridgehead atoms. The van der Waals surface area contributed by atoms with Crippen molar-refractivity contribution in [2.45, 2.75) is 97.8 Å². The molecule has 0 N–H and O–H groups in total. The molecule has 0 fully saturated rings. The zero-order chi connectivity index (χ0) is 16.7. The van der Waals surface area contributed by atoms with Crippen LogP contribution in [0, 0.1) is 5.41 Å². The van der Waals surface area contributed by atoms with Crippen LogP contribution >= 0.6 is 0 Å². The molecule has 0 aliphatic heterocycles. The number of esters is 1. The molecular weight excluding hydrogens is 276 g/mol. The van der Waals surface area contributed by atoms with Gasteiger partial charge in [0.2, 0.25) is 0 Å². The first-order valence-electron chi connectivity index (χ1n) is 9.11. The lowest BCUT2D eigenvalue weighted by atomic mass is 9.88. The van der Waals surface area contributed by atoms with Crippen LogP contribution in [0.1, 0.15) is 97.8 Å². The van der Waals surface area contributed by atoms with Gasteiger partial charge in [0.05, 0.1) is 6.61 Å². The van der Waals surface area contributed by atoms with E-state index in [-0.39, 0.29) is 11.4 Å². The summed E-state index contributed by atoms with van der Waals surface area (Å²) in [6.07, 6.45) is 13.6. The van der Waals surface area contributed by atoms with Gasteiger partial charge in [-0.1, -0.05) is 65.7 Å². The average molecular weight is 312 g/mol. The first-order valence-corrected chi connectivity index (χ1v) is 9.11. The Morgan fingerprint density at radius 1 is 0.955 bits per heavy atom. The van der Waals surface area contributed by atoms with Gasteiger partial charge in [0.25, 0.3) is 0 Å². The first-order chi connectivity index (χ1) is 10.5. The maximum absolute atomic E-state index is 11.7. The number of aldehydes is 1. The third-order valence-corrected chi connectivity index (χ3v) is 4.03. The molecule has 0 atom stereocenters. The van der Waals surface area contributed by atoms with Crippen molar-refractivity contribution in [1.29, 1.82) is 0 Å². The number of unbranched alkanes of at least 4 members (excludes halogenated alkanes) is 8. The molecule has 0 saturated heterocycles. The Balaban J connectivity index is 3.55. The van der Waals surface area contributed by atoms with Crippen LogP contribution in [-0.4, -0.2) is 18.9 Å². The maximum Gasteiger partial charge on any atom is 0.305 e. The van der Waals surface area contributed by atoms with Crippen LogP contribution in [0.4, 0.5) is 0 Å². The van der Waals surface area contributed by atoms with E-state index in [9.17, 15) is 9.59 Å². The molecule has 0 amide bonds. The predicted octanol–water partition coefficient (Wildman–Crippen LogP) is 5.46. The normalized spacial score (nSPS) is 11.4. The van der Waals surface area contributed by atoms with Gasteiger partial charge in [-0.25, -0.2) is 0 Å². The molecule has 0 spiro atoms. The minimum absolute atomic E-state index is 0.0126. The zero-order valence-electron chi connectivity index (χ0n) is 15.0. The van der Waals surface area contributed by atoms with Gasteiger partial charge in [-0.05, 0) is 24.7 Å². The minimum atomic E-state index is -0.0606. The Hall–Kier alpha value is -0.860. The lowest BCUT2D eigenvalue weighted by molar-refractivity contribution is -0.147. The molecular formula is C19H36O3. The molecule has 0 aliphatic rings. The zero-order valence-corrected chi connectivity index (χ0v) is 15.0. The van der Waals surface area contributed by atoms with Crippen molar-refractivity contribution in [3.63, 3.8) is 0 Å². The average Bonchev–Trinajstić information content (AvgIpc) is 2.49. The van der Waals surface area contributed by atoms with Crippen molar-refractivity contribution in [1.82, 2.24) is 0 Å². The number of hydrogen-bond donors (Lipinski definition) is 0. The molecule has 0 radical (unpaired) electrons. The van der Waals surface area contributed by atoms with E-state index in [0.717, 1.165) is 38.4 Å². The lowest BCUT2D eigenvalue weighted by Gasteiger charge is -2.24. The Morgan fingerprint density at radius 3 is 2.23 bits per heavy atom. The van der Waals surface area contributed by atoms with Gasteiger partial charge in [-0.2, -0.15) is 0 Å². The van der Waals surface area contributed by atoms with Crippen molar-refractivity contribution in [3.8, 4) is 0 Å². The second-order valence-corrected chi connectivity index (χ2v) is 7.11. The Morgan fingerprint density at radius 2 is 1.59 bits per heavy atom. The third kappa shape index (κ3) is 14.1. The molecule has 0 aromatic rings. The number of carbonyl (C=O) groups excluding carboxylic acids is 2.